The van der Waals surface area contributed by atoms with E-state index in [-0.39, 0.29) is 24.3 Å². The zero-order valence-corrected chi connectivity index (χ0v) is 19.0. The van der Waals surface area contributed by atoms with Crippen LogP contribution in [-0.4, -0.2) is 33.0 Å². The van der Waals surface area contributed by atoms with Crippen LogP contribution >= 0.6 is 35.0 Å². The molecule has 0 radical (unpaired) electrons. The van der Waals surface area contributed by atoms with Crippen molar-refractivity contribution in [3.63, 3.8) is 0 Å². The first kappa shape index (κ1) is 21.8. The van der Waals surface area contributed by atoms with Crippen molar-refractivity contribution in [1.82, 2.24) is 20.1 Å². The lowest BCUT2D eigenvalue weighted by molar-refractivity contribution is -0.119. The number of ether oxygens (including phenoxy) is 2. The van der Waals surface area contributed by atoms with E-state index in [1.165, 1.54) is 11.8 Å². The van der Waals surface area contributed by atoms with Gasteiger partial charge in [-0.25, -0.2) is 0 Å². The molecular weight excluding hydrogens is 459 g/mol. The maximum Gasteiger partial charge on any atom is 0.231 e. The number of carbonyl (C=O) groups is 1. The summed E-state index contributed by atoms with van der Waals surface area (Å²) >= 11 is 13.5. The van der Waals surface area contributed by atoms with E-state index in [2.05, 4.69) is 15.5 Å². The molecule has 3 aromatic rings. The normalized spacial score (nSPS) is 14.7. The Labute approximate surface area is 194 Å². The molecule has 2 aromatic carbocycles. The average Bonchev–Trinajstić information content (AvgIpc) is 3.35. The van der Waals surface area contributed by atoms with Crippen LogP contribution in [0.2, 0.25) is 10.0 Å². The molecule has 0 fully saturated rings. The minimum absolute atomic E-state index is 0.119. The number of thioether (sulfide) groups is 1. The van der Waals surface area contributed by atoms with Crippen LogP contribution in [0.3, 0.4) is 0 Å². The third-order valence-corrected chi connectivity index (χ3v) is 6.24. The quantitative estimate of drug-likeness (QED) is 0.479. The molecule has 1 aromatic heterocycles. The third-order valence-electron chi connectivity index (χ3n) is 4.72. The van der Waals surface area contributed by atoms with E-state index in [4.69, 9.17) is 32.7 Å². The molecule has 162 valence electrons. The van der Waals surface area contributed by atoms with Gasteiger partial charge in [-0.3, -0.25) is 4.79 Å². The highest BCUT2D eigenvalue weighted by Gasteiger charge is 2.26. The molecule has 10 heteroatoms. The molecule has 4 rings (SSSR count). The molecule has 1 N–H and O–H groups in total. The second-order valence-corrected chi connectivity index (χ2v) is 8.55. The number of halogens is 2. The monoisotopic (exact) mass is 478 g/mol. The van der Waals surface area contributed by atoms with E-state index in [9.17, 15) is 4.79 Å². The number of aromatic nitrogens is 3. The highest BCUT2D eigenvalue weighted by atomic mass is 35.5. The molecule has 0 saturated carbocycles. The topological polar surface area (TPSA) is 78.3 Å². The van der Waals surface area contributed by atoms with E-state index >= 15 is 0 Å². The Bertz CT molecular complexity index is 1090. The summed E-state index contributed by atoms with van der Waals surface area (Å²) in [6.45, 7) is 3.26. The molecule has 0 saturated heterocycles. The Morgan fingerprint density at radius 2 is 2.13 bits per heavy atom. The fourth-order valence-electron chi connectivity index (χ4n) is 3.23. The summed E-state index contributed by atoms with van der Waals surface area (Å²) in [6.07, 6.45) is 0. The van der Waals surface area contributed by atoms with Gasteiger partial charge in [0.1, 0.15) is 24.7 Å². The van der Waals surface area contributed by atoms with E-state index in [1.54, 1.807) is 18.2 Å². The van der Waals surface area contributed by atoms with Crippen molar-refractivity contribution < 1.29 is 14.3 Å². The van der Waals surface area contributed by atoms with Gasteiger partial charge in [-0.1, -0.05) is 47.1 Å². The number of nitrogens with one attached hydrogen (secondary N) is 1. The lowest BCUT2D eigenvalue weighted by Crippen LogP contribution is -2.30. The van der Waals surface area contributed by atoms with Crippen LogP contribution in [0, 0.1) is 0 Å². The summed E-state index contributed by atoms with van der Waals surface area (Å²) in [4.78, 5) is 12.5. The van der Waals surface area contributed by atoms with Crippen molar-refractivity contribution in [2.24, 2.45) is 0 Å². The van der Waals surface area contributed by atoms with Crippen LogP contribution in [-0.2, 0) is 17.9 Å². The lowest BCUT2D eigenvalue weighted by Gasteiger charge is -2.12. The van der Waals surface area contributed by atoms with Crippen molar-refractivity contribution >= 4 is 40.9 Å². The number of fused-ring (bicyclic) bond motifs is 1. The zero-order valence-electron chi connectivity index (χ0n) is 16.7. The largest absolute Gasteiger partial charge is 0.491 e. The fraction of sp³-hybridized carbons (Fsp3) is 0.286. The van der Waals surface area contributed by atoms with Crippen LogP contribution in [0.25, 0.3) is 0 Å². The number of nitrogens with zero attached hydrogens (tertiary/aromatic N) is 3. The maximum atomic E-state index is 12.5. The van der Waals surface area contributed by atoms with Crippen molar-refractivity contribution in [3.8, 4) is 11.5 Å². The van der Waals surface area contributed by atoms with Crippen LogP contribution in [0.15, 0.2) is 47.6 Å². The summed E-state index contributed by atoms with van der Waals surface area (Å²) in [7, 11) is 0. The van der Waals surface area contributed by atoms with Crippen LogP contribution in [0.1, 0.15) is 24.4 Å². The van der Waals surface area contributed by atoms with Crippen molar-refractivity contribution in [2.45, 2.75) is 31.3 Å². The SMILES string of the molecule is CCn1c(COc2ccccc2Cl)nnc1SCC(=O)NC1COc2ccc(Cl)cc21. The van der Waals surface area contributed by atoms with Gasteiger partial charge in [0, 0.05) is 17.1 Å². The maximum absolute atomic E-state index is 12.5. The summed E-state index contributed by atoms with van der Waals surface area (Å²) in [6, 6.07) is 12.4. The Balaban J connectivity index is 1.34. The van der Waals surface area contributed by atoms with Crippen molar-refractivity contribution in [1.29, 1.82) is 0 Å². The molecule has 2 heterocycles. The molecule has 0 spiro atoms. The number of para-hydroxylation sites is 1. The zero-order chi connectivity index (χ0) is 21.8. The van der Waals surface area contributed by atoms with E-state index < -0.39 is 0 Å². The second-order valence-electron chi connectivity index (χ2n) is 6.76. The van der Waals surface area contributed by atoms with Crippen LogP contribution in [0.5, 0.6) is 11.5 Å². The highest BCUT2D eigenvalue weighted by molar-refractivity contribution is 7.99. The molecule has 1 unspecified atom stereocenters. The molecule has 7 nitrogen and oxygen atoms in total. The predicted octanol–water partition coefficient (Wildman–Crippen LogP) is 4.53. The Hall–Kier alpha value is -2.42. The third kappa shape index (κ3) is 5.08. The standard InChI is InChI=1S/C21H20Cl2N4O3S/c1-2-27-19(11-30-18-6-4-3-5-15(18)23)25-26-21(27)31-12-20(28)24-16-10-29-17-8-7-13(22)9-14(16)17/h3-9,16H,2,10-12H2,1H3,(H,24,28). The predicted molar refractivity (Wildman–Crippen MR) is 120 cm³/mol. The van der Waals surface area contributed by atoms with E-state index in [0.29, 0.717) is 39.9 Å². The summed E-state index contributed by atoms with van der Waals surface area (Å²) in [5, 5.41) is 13.2. The van der Waals surface area contributed by atoms with Crippen LogP contribution in [0.4, 0.5) is 0 Å². The molecule has 31 heavy (non-hydrogen) atoms. The minimum atomic E-state index is -0.217. The summed E-state index contributed by atoms with van der Waals surface area (Å²) in [5.74, 6) is 2.08. The Kier molecular flexibility index (Phi) is 6.89. The van der Waals surface area contributed by atoms with Crippen LogP contribution < -0.4 is 14.8 Å². The number of hydrogen-bond donors (Lipinski definition) is 1. The number of hydrogen-bond acceptors (Lipinski definition) is 6. The lowest BCUT2D eigenvalue weighted by atomic mass is 10.1. The highest BCUT2D eigenvalue weighted by Crippen LogP contribution is 2.34. The number of rotatable bonds is 8. The smallest absolute Gasteiger partial charge is 0.231 e. The minimum Gasteiger partial charge on any atom is -0.491 e. The van der Waals surface area contributed by atoms with Crippen molar-refractivity contribution in [2.75, 3.05) is 12.4 Å². The summed E-state index contributed by atoms with van der Waals surface area (Å²) in [5.41, 5.74) is 0.890. The number of amides is 1. The van der Waals surface area contributed by atoms with Gasteiger partial charge < -0.3 is 19.4 Å². The molecule has 0 bridgehead atoms. The second kappa shape index (κ2) is 9.80. The van der Waals surface area contributed by atoms with Gasteiger partial charge in [-0.05, 0) is 37.3 Å². The van der Waals surface area contributed by atoms with Gasteiger partial charge in [0.2, 0.25) is 5.91 Å². The molecular formula is C21H20Cl2N4O3S. The first-order chi connectivity index (χ1) is 15.0. The Morgan fingerprint density at radius 1 is 1.29 bits per heavy atom. The molecule has 1 amide bonds. The van der Waals surface area contributed by atoms with Gasteiger partial charge in [-0.15, -0.1) is 10.2 Å². The number of benzene rings is 2. The molecule has 1 atom stereocenters. The van der Waals surface area contributed by atoms with Gasteiger partial charge in [-0.2, -0.15) is 0 Å². The van der Waals surface area contributed by atoms with Gasteiger partial charge >= 0.3 is 0 Å². The average molecular weight is 479 g/mol. The Morgan fingerprint density at radius 3 is 2.94 bits per heavy atom. The fourth-order valence-corrected chi connectivity index (χ4v) is 4.43. The molecule has 1 aliphatic rings. The molecule has 1 aliphatic heterocycles. The van der Waals surface area contributed by atoms with Gasteiger partial charge in [0.25, 0.3) is 0 Å². The van der Waals surface area contributed by atoms with Gasteiger partial charge in [0.15, 0.2) is 11.0 Å². The number of carbonyl (C=O) groups excluding carboxylic acids is 1. The van der Waals surface area contributed by atoms with Crippen molar-refractivity contribution in [3.05, 3.63) is 63.9 Å². The van der Waals surface area contributed by atoms with E-state index in [1.807, 2.05) is 35.8 Å². The first-order valence-corrected chi connectivity index (χ1v) is 11.4. The van der Waals surface area contributed by atoms with Gasteiger partial charge in [0.05, 0.1) is 16.8 Å². The summed E-state index contributed by atoms with van der Waals surface area (Å²) < 4.78 is 13.3. The first-order valence-electron chi connectivity index (χ1n) is 9.69. The molecule has 0 aliphatic carbocycles. The van der Waals surface area contributed by atoms with E-state index in [0.717, 1.165) is 11.3 Å².